The van der Waals surface area contributed by atoms with E-state index in [4.69, 9.17) is 4.74 Å². The first kappa shape index (κ1) is 11.9. The molecular weight excluding hydrogens is 220 g/mol. The molecule has 5 nitrogen and oxygen atoms in total. The van der Waals surface area contributed by atoms with Crippen molar-refractivity contribution < 1.29 is 9.66 Å². The van der Waals surface area contributed by atoms with Gasteiger partial charge in [0, 0.05) is 19.2 Å². The molecule has 1 aromatic carbocycles. The molecule has 1 aromatic rings. The Labute approximate surface area is 100 Å². The highest BCUT2D eigenvalue weighted by molar-refractivity contribution is 5.66. The third-order valence-corrected chi connectivity index (χ3v) is 3.14. The lowest BCUT2D eigenvalue weighted by Crippen LogP contribution is -2.36. The maximum absolute atomic E-state index is 11.1. The Morgan fingerprint density at radius 3 is 2.41 bits per heavy atom. The van der Waals surface area contributed by atoms with E-state index in [0.29, 0.717) is 32.0 Å². The Hall–Kier alpha value is -1.62. The van der Waals surface area contributed by atoms with E-state index in [2.05, 4.69) is 0 Å². The molecule has 1 fully saturated rings. The molecule has 0 atom stereocenters. The minimum absolute atomic E-state index is 0.190. The zero-order valence-corrected chi connectivity index (χ0v) is 10.1. The molecule has 0 saturated carbocycles. The third kappa shape index (κ3) is 2.39. The molecule has 0 N–H and O–H groups in total. The molecule has 0 radical (unpaired) electrons. The quantitative estimate of drug-likeness (QED) is 0.582. The van der Waals surface area contributed by atoms with Gasteiger partial charge in [-0.1, -0.05) is 0 Å². The van der Waals surface area contributed by atoms with Gasteiger partial charge in [-0.25, -0.2) is 0 Å². The van der Waals surface area contributed by atoms with Crippen LogP contribution in [-0.2, 0) is 4.74 Å². The lowest BCUT2D eigenvalue weighted by molar-refractivity contribution is -0.384. The van der Waals surface area contributed by atoms with Crippen LogP contribution in [0.5, 0.6) is 0 Å². The fourth-order valence-electron chi connectivity index (χ4n) is 1.99. The summed E-state index contributed by atoms with van der Waals surface area (Å²) in [6, 6.07) is 3.55. The van der Waals surface area contributed by atoms with Gasteiger partial charge >= 0.3 is 0 Å². The van der Waals surface area contributed by atoms with E-state index in [1.807, 2.05) is 24.8 Å². The first-order valence-electron chi connectivity index (χ1n) is 5.68. The van der Waals surface area contributed by atoms with Gasteiger partial charge in [0.2, 0.25) is 0 Å². The number of morpholine rings is 1. The number of nitro groups is 1. The number of ether oxygens (including phenoxy) is 1. The summed E-state index contributed by atoms with van der Waals surface area (Å²) >= 11 is 0. The number of hydrogen-bond donors (Lipinski definition) is 0. The van der Waals surface area contributed by atoms with Crippen molar-refractivity contribution in [2.45, 2.75) is 13.8 Å². The molecule has 0 amide bonds. The van der Waals surface area contributed by atoms with Gasteiger partial charge < -0.3 is 9.64 Å². The fourth-order valence-corrected chi connectivity index (χ4v) is 1.99. The first-order chi connectivity index (χ1) is 8.09. The van der Waals surface area contributed by atoms with Gasteiger partial charge in [-0.2, -0.15) is 0 Å². The van der Waals surface area contributed by atoms with Crippen LogP contribution < -0.4 is 4.90 Å². The Bertz CT molecular complexity index is 440. The molecule has 1 aliphatic rings. The summed E-state index contributed by atoms with van der Waals surface area (Å²) in [6.45, 7) is 6.55. The van der Waals surface area contributed by atoms with Gasteiger partial charge in [0.25, 0.3) is 5.69 Å². The molecule has 0 aliphatic carbocycles. The van der Waals surface area contributed by atoms with Crippen molar-refractivity contribution in [2.75, 3.05) is 31.2 Å². The van der Waals surface area contributed by atoms with Gasteiger partial charge in [-0.3, -0.25) is 10.1 Å². The number of aryl methyl sites for hydroxylation is 2. The van der Waals surface area contributed by atoms with Crippen molar-refractivity contribution in [3.63, 3.8) is 0 Å². The first-order valence-corrected chi connectivity index (χ1v) is 5.68. The number of anilines is 1. The summed E-state index contributed by atoms with van der Waals surface area (Å²) in [6.07, 6.45) is 0. The van der Waals surface area contributed by atoms with Crippen molar-refractivity contribution in [1.82, 2.24) is 0 Å². The predicted molar refractivity (Wildman–Crippen MR) is 65.6 cm³/mol. The molecule has 1 saturated heterocycles. The van der Waals surface area contributed by atoms with Crippen LogP contribution in [0.15, 0.2) is 12.1 Å². The Balaban J connectivity index is 2.42. The van der Waals surface area contributed by atoms with Crippen LogP contribution in [-0.4, -0.2) is 31.2 Å². The van der Waals surface area contributed by atoms with E-state index in [1.54, 1.807) is 6.07 Å². The molecule has 5 heteroatoms. The third-order valence-electron chi connectivity index (χ3n) is 3.14. The minimum atomic E-state index is -0.308. The average Bonchev–Trinajstić information content (AvgIpc) is 2.33. The second-order valence-corrected chi connectivity index (χ2v) is 4.28. The summed E-state index contributed by atoms with van der Waals surface area (Å²) in [4.78, 5) is 12.8. The van der Waals surface area contributed by atoms with E-state index < -0.39 is 0 Å². The molecule has 92 valence electrons. The monoisotopic (exact) mass is 236 g/mol. The number of nitrogens with zero attached hydrogens (tertiary/aromatic N) is 2. The zero-order chi connectivity index (χ0) is 12.4. The van der Waals surface area contributed by atoms with Gasteiger partial charge in [-0.05, 0) is 31.0 Å². The SMILES string of the molecule is Cc1cc(N2CCOCC2)c([N+](=O)[O-])cc1C. The second kappa shape index (κ2) is 4.71. The molecule has 1 aliphatic heterocycles. The van der Waals surface area contributed by atoms with E-state index in [-0.39, 0.29) is 10.6 Å². The van der Waals surface area contributed by atoms with Crippen LogP contribution >= 0.6 is 0 Å². The largest absolute Gasteiger partial charge is 0.378 e. The Kier molecular flexibility index (Phi) is 3.28. The fraction of sp³-hybridized carbons (Fsp3) is 0.500. The maximum atomic E-state index is 11.1. The summed E-state index contributed by atoms with van der Waals surface area (Å²) in [7, 11) is 0. The van der Waals surface area contributed by atoms with Gasteiger partial charge in [0.15, 0.2) is 0 Å². The molecular formula is C12H16N2O3. The Morgan fingerprint density at radius 1 is 1.24 bits per heavy atom. The lowest BCUT2D eigenvalue weighted by Gasteiger charge is -2.28. The zero-order valence-electron chi connectivity index (χ0n) is 10.1. The van der Waals surface area contributed by atoms with Crippen molar-refractivity contribution in [1.29, 1.82) is 0 Å². The molecule has 0 spiro atoms. The summed E-state index contributed by atoms with van der Waals surface area (Å²) in [5.74, 6) is 0. The van der Waals surface area contributed by atoms with Crippen molar-refractivity contribution >= 4 is 11.4 Å². The molecule has 0 bridgehead atoms. The standard InChI is InChI=1S/C12H16N2O3/c1-9-7-11(13-3-5-17-6-4-13)12(14(15)16)8-10(9)2/h7-8H,3-6H2,1-2H3. The second-order valence-electron chi connectivity index (χ2n) is 4.28. The van der Waals surface area contributed by atoms with Crippen molar-refractivity contribution in [3.8, 4) is 0 Å². The number of rotatable bonds is 2. The van der Waals surface area contributed by atoms with Crippen LogP contribution in [0.25, 0.3) is 0 Å². The normalized spacial score (nSPS) is 16.0. The molecule has 0 aromatic heterocycles. The van der Waals surface area contributed by atoms with E-state index >= 15 is 0 Å². The van der Waals surface area contributed by atoms with E-state index in [1.165, 1.54) is 0 Å². The highest BCUT2D eigenvalue weighted by Gasteiger charge is 2.22. The van der Waals surface area contributed by atoms with E-state index in [0.717, 1.165) is 11.1 Å². The number of benzene rings is 1. The van der Waals surface area contributed by atoms with Crippen LogP contribution in [0, 0.1) is 24.0 Å². The summed E-state index contributed by atoms with van der Waals surface area (Å²) in [5.41, 5.74) is 2.93. The summed E-state index contributed by atoms with van der Waals surface area (Å²) < 4.78 is 5.26. The summed E-state index contributed by atoms with van der Waals surface area (Å²) in [5, 5.41) is 11.1. The van der Waals surface area contributed by atoms with E-state index in [9.17, 15) is 10.1 Å². The number of nitro benzene ring substituents is 1. The molecule has 2 rings (SSSR count). The molecule has 0 unspecified atom stereocenters. The maximum Gasteiger partial charge on any atom is 0.292 e. The van der Waals surface area contributed by atoms with Crippen molar-refractivity contribution in [3.05, 3.63) is 33.4 Å². The van der Waals surface area contributed by atoms with Crippen molar-refractivity contribution in [2.24, 2.45) is 0 Å². The van der Waals surface area contributed by atoms with Crippen LogP contribution in [0.1, 0.15) is 11.1 Å². The van der Waals surface area contributed by atoms with Crippen LogP contribution in [0.2, 0.25) is 0 Å². The van der Waals surface area contributed by atoms with Crippen LogP contribution in [0.3, 0.4) is 0 Å². The average molecular weight is 236 g/mol. The predicted octanol–water partition coefficient (Wildman–Crippen LogP) is 2.05. The Morgan fingerprint density at radius 2 is 1.82 bits per heavy atom. The highest BCUT2D eigenvalue weighted by Crippen LogP contribution is 2.31. The lowest BCUT2D eigenvalue weighted by atomic mass is 10.1. The smallest absolute Gasteiger partial charge is 0.292 e. The van der Waals surface area contributed by atoms with Gasteiger partial charge in [0.1, 0.15) is 5.69 Å². The molecule has 17 heavy (non-hydrogen) atoms. The topological polar surface area (TPSA) is 55.6 Å². The molecule has 1 heterocycles. The van der Waals surface area contributed by atoms with Gasteiger partial charge in [0.05, 0.1) is 18.1 Å². The minimum Gasteiger partial charge on any atom is -0.378 e. The highest BCUT2D eigenvalue weighted by atomic mass is 16.6. The van der Waals surface area contributed by atoms with Crippen LogP contribution in [0.4, 0.5) is 11.4 Å². The number of hydrogen-bond acceptors (Lipinski definition) is 4. The van der Waals surface area contributed by atoms with Gasteiger partial charge in [-0.15, -0.1) is 0 Å².